The molecule has 0 unspecified atom stereocenters. The number of hydrogen-bond donors (Lipinski definition) is 3. The van der Waals surface area contributed by atoms with E-state index in [1.54, 1.807) is 20.3 Å². The van der Waals surface area contributed by atoms with Crippen LogP contribution in [-0.2, 0) is 6.54 Å². The number of rotatable bonds is 7. The summed E-state index contributed by atoms with van der Waals surface area (Å²) in [6.45, 7) is 0.500. The first kappa shape index (κ1) is 25.0. The minimum absolute atomic E-state index is 0.0780. The zero-order valence-electron chi connectivity index (χ0n) is 18.8. The lowest BCUT2D eigenvalue weighted by atomic mass is 9.89. The SMILES string of the molecule is COc1ccc(CNc2nc(C3CCCCC3)nc3sc([N+](=O)[O-])cc23)cc1OC.O=C(O)O. The maximum absolute atomic E-state index is 11.3. The van der Waals surface area contributed by atoms with E-state index in [9.17, 15) is 10.1 Å². The highest BCUT2D eigenvalue weighted by atomic mass is 32.1. The molecule has 0 amide bonds. The van der Waals surface area contributed by atoms with Crippen molar-refractivity contribution in [2.45, 2.75) is 44.6 Å². The van der Waals surface area contributed by atoms with Gasteiger partial charge in [0.05, 0.1) is 24.5 Å². The van der Waals surface area contributed by atoms with Gasteiger partial charge in [-0.1, -0.05) is 25.3 Å². The van der Waals surface area contributed by atoms with Crippen LogP contribution in [-0.4, -0.2) is 45.5 Å². The number of anilines is 1. The van der Waals surface area contributed by atoms with Gasteiger partial charge in [-0.25, -0.2) is 14.8 Å². The van der Waals surface area contributed by atoms with Gasteiger partial charge in [-0.05, 0) is 41.9 Å². The normalized spacial score (nSPS) is 13.6. The molecule has 3 aromatic rings. The number of carbonyl (C=O) groups is 1. The summed E-state index contributed by atoms with van der Waals surface area (Å²) in [6, 6.07) is 7.27. The van der Waals surface area contributed by atoms with Crippen LogP contribution in [0.5, 0.6) is 11.5 Å². The molecule has 12 heteroatoms. The van der Waals surface area contributed by atoms with Gasteiger partial charge >= 0.3 is 11.2 Å². The molecule has 1 aromatic carbocycles. The molecule has 0 saturated heterocycles. The highest BCUT2D eigenvalue weighted by Crippen LogP contribution is 2.38. The van der Waals surface area contributed by atoms with E-state index >= 15 is 0 Å². The molecule has 1 aliphatic carbocycles. The number of ether oxygens (including phenoxy) is 2. The third-order valence-corrected chi connectivity index (χ3v) is 6.44. The number of nitrogens with one attached hydrogen (secondary N) is 1. The van der Waals surface area contributed by atoms with Crippen molar-refractivity contribution >= 4 is 38.5 Å². The summed E-state index contributed by atoms with van der Waals surface area (Å²) < 4.78 is 10.7. The minimum Gasteiger partial charge on any atom is -0.493 e. The van der Waals surface area contributed by atoms with E-state index in [0.29, 0.717) is 40.0 Å². The van der Waals surface area contributed by atoms with Gasteiger partial charge in [-0.3, -0.25) is 10.1 Å². The Morgan fingerprint density at radius 2 is 1.82 bits per heavy atom. The molecule has 1 aliphatic rings. The van der Waals surface area contributed by atoms with Crippen molar-refractivity contribution in [3.05, 3.63) is 45.8 Å². The lowest BCUT2D eigenvalue weighted by molar-refractivity contribution is -0.380. The van der Waals surface area contributed by atoms with Crippen molar-refractivity contribution < 1.29 is 29.4 Å². The molecule has 0 atom stereocenters. The maximum Gasteiger partial charge on any atom is 0.503 e. The Hall–Kier alpha value is -3.67. The molecular formula is C22H26N4O7S. The Morgan fingerprint density at radius 3 is 2.44 bits per heavy atom. The topological polar surface area (TPSA) is 157 Å². The summed E-state index contributed by atoms with van der Waals surface area (Å²) >= 11 is 1.10. The fourth-order valence-electron chi connectivity index (χ4n) is 3.87. The van der Waals surface area contributed by atoms with Crippen LogP contribution < -0.4 is 14.8 Å². The van der Waals surface area contributed by atoms with E-state index in [1.165, 1.54) is 19.3 Å². The Bertz CT molecular complexity index is 1160. The molecule has 11 nitrogen and oxygen atoms in total. The Kier molecular flexibility index (Phi) is 8.41. The predicted octanol–water partition coefficient (Wildman–Crippen LogP) is 5.50. The standard InChI is InChI=1S/C21H24N4O4S.CH2O3/c1-28-16-9-8-13(10-17(16)29-2)12-22-20-15-11-18(25(26)27)30-21(15)24-19(23-20)14-6-4-3-5-7-14;2-1(3)4/h8-11,14H,3-7,12H2,1-2H3,(H,22,23,24);(H2,2,3,4). The average Bonchev–Trinajstić information content (AvgIpc) is 3.27. The molecule has 0 aliphatic heterocycles. The van der Waals surface area contributed by atoms with Crippen LogP contribution in [0, 0.1) is 10.1 Å². The van der Waals surface area contributed by atoms with Gasteiger partial charge in [-0.15, -0.1) is 0 Å². The summed E-state index contributed by atoms with van der Waals surface area (Å²) in [5.41, 5.74) is 0.989. The Labute approximate surface area is 199 Å². The van der Waals surface area contributed by atoms with Gasteiger partial charge in [0.2, 0.25) is 0 Å². The van der Waals surface area contributed by atoms with Crippen molar-refractivity contribution in [3.63, 3.8) is 0 Å². The second kappa shape index (κ2) is 11.5. The fraction of sp³-hybridized carbons (Fsp3) is 0.409. The van der Waals surface area contributed by atoms with Crippen molar-refractivity contribution in [1.82, 2.24) is 9.97 Å². The van der Waals surface area contributed by atoms with E-state index in [-0.39, 0.29) is 9.92 Å². The van der Waals surface area contributed by atoms with Gasteiger partial charge in [0.25, 0.3) is 0 Å². The van der Waals surface area contributed by atoms with Crippen LogP contribution in [0.4, 0.5) is 15.6 Å². The number of methoxy groups -OCH3 is 2. The highest BCUT2D eigenvalue weighted by Gasteiger charge is 2.23. The third-order valence-electron chi connectivity index (χ3n) is 5.46. The average molecular weight is 491 g/mol. The van der Waals surface area contributed by atoms with Crippen LogP contribution in [0.15, 0.2) is 24.3 Å². The number of hydrogen-bond acceptors (Lipinski definition) is 9. The van der Waals surface area contributed by atoms with Gasteiger partial charge < -0.3 is 25.0 Å². The molecule has 1 fully saturated rings. The molecule has 2 heterocycles. The minimum atomic E-state index is -1.83. The van der Waals surface area contributed by atoms with E-state index in [4.69, 9.17) is 34.4 Å². The van der Waals surface area contributed by atoms with E-state index in [1.807, 2.05) is 18.2 Å². The number of nitro groups is 1. The van der Waals surface area contributed by atoms with Crippen LogP contribution >= 0.6 is 11.3 Å². The van der Waals surface area contributed by atoms with E-state index in [0.717, 1.165) is 35.6 Å². The van der Waals surface area contributed by atoms with Crippen LogP contribution in [0.25, 0.3) is 10.2 Å². The van der Waals surface area contributed by atoms with Gasteiger partial charge in [0, 0.05) is 18.5 Å². The lowest BCUT2D eigenvalue weighted by Gasteiger charge is -2.21. The first-order valence-corrected chi connectivity index (χ1v) is 11.5. The summed E-state index contributed by atoms with van der Waals surface area (Å²) in [6.07, 6.45) is 3.88. The van der Waals surface area contributed by atoms with E-state index in [2.05, 4.69) is 5.32 Å². The lowest BCUT2D eigenvalue weighted by Crippen LogP contribution is -2.11. The number of nitrogens with zero attached hydrogens (tertiary/aromatic N) is 3. The molecule has 3 N–H and O–H groups in total. The molecule has 1 saturated carbocycles. The molecule has 0 bridgehead atoms. The Balaban J connectivity index is 0.000000751. The summed E-state index contributed by atoms with van der Waals surface area (Å²) in [5.74, 6) is 3.05. The number of aromatic nitrogens is 2. The first-order chi connectivity index (χ1) is 16.3. The largest absolute Gasteiger partial charge is 0.503 e. The molecule has 0 radical (unpaired) electrons. The van der Waals surface area contributed by atoms with Gasteiger partial charge in [-0.2, -0.15) is 0 Å². The number of carboxylic acid groups (broad SMARTS) is 2. The van der Waals surface area contributed by atoms with Crippen molar-refractivity contribution in [2.75, 3.05) is 19.5 Å². The third kappa shape index (κ3) is 6.22. The second-order valence-corrected chi connectivity index (χ2v) is 8.66. The summed E-state index contributed by atoms with van der Waals surface area (Å²) in [5, 5.41) is 29.4. The summed E-state index contributed by atoms with van der Waals surface area (Å²) in [4.78, 5) is 29.6. The molecule has 0 spiro atoms. The zero-order valence-corrected chi connectivity index (χ0v) is 19.6. The maximum atomic E-state index is 11.3. The zero-order chi connectivity index (χ0) is 24.7. The molecular weight excluding hydrogens is 464 g/mol. The van der Waals surface area contributed by atoms with Crippen molar-refractivity contribution in [2.24, 2.45) is 0 Å². The number of thiophene rings is 1. The predicted molar refractivity (Wildman–Crippen MR) is 127 cm³/mol. The first-order valence-electron chi connectivity index (χ1n) is 10.6. The van der Waals surface area contributed by atoms with Crippen LogP contribution in [0.3, 0.4) is 0 Å². The summed E-state index contributed by atoms with van der Waals surface area (Å²) in [7, 11) is 3.20. The number of fused-ring (bicyclic) bond motifs is 1. The molecule has 182 valence electrons. The van der Waals surface area contributed by atoms with Gasteiger partial charge in [0.15, 0.2) is 11.5 Å². The molecule has 34 heavy (non-hydrogen) atoms. The molecule has 4 rings (SSSR count). The van der Waals surface area contributed by atoms with Crippen molar-refractivity contribution in [3.8, 4) is 11.5 Å². The quantitative estimate of drug-likeness (QED) is 0.285. The second-order valence-electron chi connectivity index (χ2n) is 7.65. The van der Waals surface area contributed by atoms with Gasteiger partial charge in [0.1, 0.15) is 16.5 Å². The monoisotopic (exact) mass is 490 g/mol. The molecule has 2 aromatic heterocycles. The van der Waals surface area contributed by atoms with E-state index < -0.39 is 6.16 Å². The number of benzene rings is 1. The van der Waals surface area contributed by atoms with Crippen LogP contribution in [0.1, 0.15) is 49.4 Å². The highest BCUT2D eigenvalue weighted by molar-refractivity contribution is 7.21. The Morgan fingerprint density at radius 1 is 1.15 bits per heavy atom. The van der Waals surface area contributed by atoms with Crippen molar-refractivity contribution in [1.29, 1.82) is 0 Å². The smallest absolute Gasteiger partial charge is 0.493 e. The van der Waals surface area contributed by atoms with Crippen LogP contribution in [0.2, 0.25) is 0 Å². The fourth-order valence-corrected chi connectivity index (χ4v) is 4.72.